The van der Waals surface area contributed by atoms with E-state index in [2.05, 4.69) is 35.7 Å². The molecule has 1 heteroatoms. The predicted molar refractivity (Wildman–Crippen MR) is 63.2 cm³/mol. The number of hydrogen-bond donors (Lipinski definition) is 0. The monoisotopic (exact) mass is 199 g/mol. The molecule has 1 saturated heterocycles. The summed E-state index contributed by atoms with van der Waals surface area (Å²) in [6.45, 7) is 7.32. The largest absolute Gasteiger partial charge is 0.298 e. The summed E-state index contributed by atoms with van der Waals surface area (Å²) < 4.78 is 0. The maximum Gasteiger partial charge on any atom is 0.0161 e. The van der Waals surface area contributed by atoms with Gasteiger partial charge in [0.15, 0.2) is 0 Å². The molecule has 1 aromatic carbocycles. The van der Waals surface area contributed by atoms with Crippen LogP contribution in [-0.2, 0) is 0 Å². The van der Waals surface area contributed by atoms with Crippen molar-refractivity contribution in [1.29, 1.82) is 0 Å². The smallest absolute Gasteiger partial charge is 0.0161 e. The van der Waals surface area contributed by atoms with Gasteiger partial charge in [-0.3, -0.25) is 4.90 Å². The van der Waals surface area contributed by atoms with Gasteiger partial charge in [-0.25, -0.2) is 0 Å². The molecular formula is C14H17N. The first-order chi connectivity index (χ1) is 7.38. The van der Waals surface area contributed by atoms with Crippen LogP contribution in [-0.4, -0.2) is 24.5 Å². The fourth-order valence-corrected chi connectivity index (χ4v) is 3.23. The number of fused-ring (bicyclic) bond motifs is 5. The molecule has 0 aromatic heterocycles. The Kier molecular flexibility index (Phi) is 2.14. The van der Waals surface area contributed by atoms with E-state index in [1.807, 2.05) is 6.08 Å². The molecule has 0 radical (unpaired) electrons. The predicted octanol–water partition coefficient (Wildman–Crippen LogP) is 2.76. The van der Waals surface area contributed by atoms with Gasteiger partial charge in [-0.05, 0) is 29.4 Å². The molecule has 78 valence electrons. The van der Waals surface area contributed by atoms with Crippen LogP contribution in [0.15, 0.2) is 36.9 Å². The quantitative estimate of drug-likeness (QED) is 0.662. The lowest BCUT2D eigenvalue weighted by molar-refractivity contribution is 0.223. The summed E-state index contributed by atoms with van der Waals surface area (Å²) >= 11 is 0. The molecule has 15 heavy (non-hydrogen) atoms. The van der Waals surface area contributed by atoms with Gasteiger partial charge < -0.3 is 0 Å². The standard InChI is InChI=1S/C14H17N/c1-2-7-15-9-11-8-12(10-15)14-6-4-3-5-13(11)14/h2-6,11-12H,1,7-10H2. The number of hydrogen-bond acceptors (Lipinski definition) is 1. The minimum absolute atomic E-state index is 0.778. The van der Waals surface area contributed by atoms with Gasteiger partial charge in [0.25, 0.3) is 0 Å². The van der Waals surface area contributed by atoms with Gasteiger partial charge in [-0.1, -0.05) is 30.3 Å². The second kappa shape index (κ2) is 3.49. The van der Waals surface area contributed by atoms with Crippen molar-refractivity contribution in [2.75, 3.05) is 19.6 Å². The number of rotatable bonds is 2. The van der Waals surface area contributed by atoms with Crippen molar-refractivity contribution in [3.8, 4) is 0 Å². The van der Waals surface area contributed by atoms with Crippen LogP contribution in [0.5, 0.6) is 0 Å². The Bertz CT molecular complexity index is 352. The van der Waals surface area contributed by atoms with Crippen molar-refractivity contribution in [2.45, 2.75) is 18.3 Å². The van der Waals surface area contributed by atoms with Crippen molar-refractivity contribution in [3.63, 3.8) is 0 Å². The van der Waals surface area contributed by atoms with Crippen molar-refractivity contribution >= 4 is 0 Å². The van der Waals surface area contributed by atoms with Crippen LogP contribution < -0.4 is 0 Å². The molecule has 0 amide bonds. The fourth-order valence-electron chi connectivity index (χ4n) is 3.23. The van der Waals surface area contributed by atoms with Crippen LogP contribution in [0.1, 0.15) is 29.4 Å². The maximum atomic E-state index is 3.83. The van der Waals surface area contributed by atoms with Crippen LogP contribution in [0, 0.1) is 0 Å². The van der Waals surface area contributed by atoms with E-state index in [0.717, 1.165) is 18.4 Å². The average Bonchev–Trinajstić information content (AvgIpc) is 2.53. The summed E-state index contributed by atoms with van der Waals surface area (Å²) in [7, 11) is 0. The summed E-state index contributed by atoms with van der Waals surface area (Å²) in [5.41, 5.74) is 3.21. The van der Waals surface area contributed by atoms with Crippen molar-refractivity contribution in [1.82, 2.24) is 4.90 Å². The molecule has 1 heterocycles. The summed E-state index contributed by atoms with van der Waals surface area (Å²) in [4.78, 5) is 2.53. The summed E-state index contributed by atoms with van der Waals surface area (Å²) in [6, 6.07) is 8.99. The zero-order valence-corrected chi connectivity index (χ0v) is 9.02. The lowest BCUT2D eigenvalue weighted by atomic mass is 9.96. The van der Waals surface area contributed by atoms with Gasteiger partial charge in [-0.2, -0.15) is 0 Å². The Morgan fingerprint density at radius 1 is 1.20 bits per heavy atom. The van der Waals surface area contributed by atoms with E-state index in [4.69, 9.17) is 0 Å². The molecule has 2 bridgehead atoms. The van der Waals surface area contributed by atoms with Crippen molar-refractivity contribution in [2.24, 2.45) is 0 Å². The van der Waals surface area contributed by atoms with E-state index in [0.29, 0.717) is 0 Å². The third-order valence-electron chi connectivity index (χ3n) is 3.79. The van der Waals surface area contributed by atoms with Gasteiger partial charge in [0.1, 0.15) is 0 Å². The molecule has 3 rings (SSSR count). The van der Waals surface area contributed by atoms with Gasteiger partial charge in [-0.15, -0.1) is 6.58 Å². The van der Waals surface area contributed by atoms with E-state index >= 15 is 0 Å². The zero-order chi connectivity index (χ0) is 10.3. The number of likely N-dealkylation sites (tertiary alicyclic amines) is 1. The highest BCUT2D eigenvalue weighted by atomic mass is 15.1. The molecule has 1 aliphatic heterocycles. The number of piperidine rings is 1. The Morgan fingerprint density at radius 2 is 1.80 bits per heavy atom. The Labute approximate surface area is 91.4 Å². The second-order valence-corrected chi connectivity index (χ2v) is 4.77. The molecule has 1 aromatic rings. The molecule has 0 N–H and O–H groups in total. The Hall–Kier alpha value is -1.08. The fraction of sp³-hybridized carbons (Fsp3) is 0.429. The number of benzene rings is 1. The lowest BCUT2D eigenvalue weighted by Crippen LogP contribution is -2.34. The first-order valence-electron chi connectivity index (χ1n) is 5.80. The molecule has 1 fully saturated rings. The van der Waals surface area contributed by atoms with E-state index < -0.39 is 0 Å². The van der Waals surface area contributed by atoms with Crippen LogP contribution >= 0.6 is 0 Å². The maximum absolute atomic E-state index is 3.83. The van der Waals surface area contributed by atoms with Crippen LogP contribution in [0.2, 0.25) is 0 Å². The molecular weight excluding hydrogens is 182 g/mol. The molecule has 2 unspecified atom stereocenters. The Balaban J connectivity index is 1.91. The third-order valence-corrected chi connectivity index (χ3v) is 3.79. The molecule has 1 nitrogen and oxygen atoms in total. The minimum atomic E-state index is 0.778. The van der Waals surface area contributed by atoms with Crippen LogP contribution in [0.4, 0.5) is 0 Å². The lowest BCUT2D eigenvalue weighted by Gasteiger charge is -2.31. The zero-order valence-electron chi connectivity index (χ0n) is 9.02. The van der Waals surface area contributed by atoms with E-state index in [9.17, 15) is 0 Å². The van der Waals surface area contributed by atoms with Crippen LogP contribution in [0.3, 0.4) is 0 Å². The van der Waals surface area contributed by atoms with Gasteiger partial charge >= 0.3 is 0 Å². The topological polar surface area (TPSA) is 3.24 Å². The average molecular weight is 199 g/mol. The van der Waals surface area contributed by atoms with Gasteiger partial charge in [0.05, 0.1) is 0 Å². The summed E-state index contributed by atoms with van der Waals surface area (Å²) in [5, 5.41) is 0. The van der Waals surface area contributed by atoms with Crippen molar-refractivity contribution in [3.05, 3.63) is 48.0 Å². The minimum Gasteiger partial charge on any atom is -0.298 e. The molecule has 2 aliphatic rings. The summed E-state index contributed by atoms with van der Waals surface area (Å²) in [5.74, 6) is 1.56. The molecule has 2 atom stereocenters. The first kappa shape index (κ1) is 9.17. The highest BCUT2D eigenvalue weighted by molar-refractivity contribution is 5.40. The van der Waals surface area contributed by atoms with Crippen LogP contribution in [0.25, 0.3) is 0 Å². The highest BCUT2D eigenvalue weighted by Crippen LogP contribution is 2.45. The Morgan fingerprint density at radius 3 is 2.33 bits per heavy atom. The van der Waals surface area contributed by atoms with E-state index in [1.54, 1.807) is 11.1 Å². The van der Waals surface area contributed by atoms with E-state index in [-0.39, 0.29) is 0 Å². The number of nitrogens with zero attached hydrogens (tertiary/aromatic N) is 1. The summed E-state index contributed by atoms with van der Waals surface area (Å²) in [6.07, 6.45) is 3.39. The third kappa shape index (κ3) is 1.42. The molecule has 0 spiro atoms. The normalized spacial score (nSPS) is 28.8. The highest BCUT2D eigenvalue weighted by Gasteiger charge is 2.36. The SMILES string of the molecule is C=CCN1CC2CC(C1)c1ccccc12. The van der Waals surface area contributed by atoms with Gasteiger partial charge in [0, 0.05) is 19.6 Å². The first-order valence-corrected chi connectivity index (χ1v) is 5.80. The van der Waals surface area contributed by atoms with E-state index in [1.165, 1.54) is 19.5 Å². The van der Waals surface area contributed by atoms with Gasteiger partial charge in [0.2, 0.25) is 0 Å². The molecule has 1 aliphatic carbocycles. The molecule has 0 saturated carbocycles. The second-order valence-electron chi connectivity index (χ2n) is 4.77. The van der Waals surface area contributed by atoms with Crippen molar-refractivity contribution < 1.29 is 0 Å².